The molecule has 1 aromatic rings. The van der Waals surface area contributed by atoms with Crippen molar-refractivity contribution in [1.29, 1.82) is 0 Å². The fraction of sp³-hybridized carbons (Fsp3) is 0.417. The number of fused-ring (bicyclic) bond motifs is 1. The first kappa shape index (κ1) is 11.5. The molecule has 1 aromatic carbocycles. The molecular weight excluding hydrogens is 220 g/mol. The molecule has 0 aliphatic carbocycles. The molecule has 4 heteroatoms. The molecule has 0 aromatic heterocycles. The number of nitrogens with one attached hydrogen (secondary N) is 1. The van der Waals surface area contributed by atoms with E-state index >= 15 is 0 Å². The molecule has 0 spiro atoms. The van der Waals surface area contributed by atoms with E-state index in [0.29, 0.717) is 6.54 Å². The molecule has 1 atom stereocenters. The number of thioether (sulfide) groups is 1. The van der Waals surface area contributed by atoms with E-state index in [1.165, 1.54) is 10.5 Å². The molecule has 86 valence electrons. The molecule has 1 aliphatic rings. The quantitative estimate of drug-likeness (QED) is 0.826. The second-order valence-electron chi connectivity index (χ2n) is 4.08. The minimum Gasteiger partial charge on any atom is -0.330 e. The van der Waals surface area contributed by atoms with Gasteiger partial charge < -0.3 is 11.1 Å². The van der Waals surface area contributed by atoms with Crippen LogP contribution in [0.2, 0.25) is 0 Å². The Hall–Kier alpha value is -1.000. The third kappa shape index (κ3) is 1.95. The van der Waals surface area contributed by atoms with Gasteiger partial charge in [0.25, 0.3) is 0 Å². The predicted octanol–water partition coefficient (Wildman–Crippen LogP) is 2.07. The van der Waals surface area contributed by atoms with Crippen LogP contribution >= 0.6 is 11.8 Å². The zero-order valence-electron chi connectivity index (χ0n) is 9.54. The van der Waals surface area contributed by atoms with Crippen molar-refractivity contribution in [1.82, 2.24) is 0 Å². The van der Waals surface area contributed by atoms with E-state index in [-0.39, 0.29) is 11.2 Å². The van der Waals surface area contributed by atoms with Gasteiger partial charge in [-0.3, -0.25) is 4.79 Å². The fourth-order valence-electron chi connectivity index (χ4n) is 1.83. The molecule has 0 saturated carbocycles. The summed E-state index contributed by atoms with van der Waals surface area (Å²) in [5.74, 6) is 0.0802. The van der Waals surface area contributed by atoms with Crippen molar-refractivity contribution in [3.05, 3.63) is 23.3 Å². The van der Waals surface area contributed by atoms with Crippen LogP contribution in [0.25, 0.3) is 0 Å². The van der Waals surface area contributed by atoms with Crippen LogP contribution in [0, 0.1) is 13.8 Å². The van der Waals surface area contributed by atoms with Gasteiger partial charge in [0.05, 0.1) is 10.9 Å². The van der Waals surface area contributed by atoms with Crippen LogP contribution in [0.1, 0.15) is 17.5 Å². The highest BCUT2D eigenvalue weighted by Crippen LogP contribution is 2.40. The Morgan fingerprint density at radius 2 is 2.06 bits per heavy atom. The number of hydrogen-bond acceptors (Lipinski definition) is 3. The van der Waals surface area contributed by atoms with Crippen LogP contribution in [0.15, 0.2) is 17.0 Å². The number of rotatable bonds is 2. The van der Waals surface area contributed by atoms with Crippen molar-refractivity contribution in [3.8, 4) is 0 Å². The number of carbonyl (C=O) groups is 1. The lowest BCUT2D eigenvalue weighted by molar-refractivity contribution is -0.115. The van der Waals surface area contributed by atoms with Gasteiger partial charge in [0.1, 0.15) is 0 Å². The topological polar surface area (TPSA) is 55.1 Å². The summed E-state index contributed by atoms with van der Waals surface area (Å²) in [6, 6.07) is 4.14. The van der Waals surface area contributed by atoms with Crippen molar-refractivity contribution in [2.24, 2.45) is 5.73 Å². The first-order valence-corrected chi connectivity index (χ1v) is 6.29. The van der Waals surface area contributed by atoms with Gasteiger partial charge in [-0.15, -0.1) is 11.8 Å². The Morgan fingerprint density at radius 1 is 1.38 bits per heavy atom. The summed E-state index contributed by atoms with van der Waals surface area (Å²) in [5, 5.41) is 2.95. The largest absolute Gasteiger partial charge is 0.330 e. The fourth-order valence-corrected chi connectivity index (χ4v) is 3.12. The van der Waals surface area contributed by atoms with Gasteiger partial charge in [0.2, 0.25) is 5.91 Å². The van der Waals surface area contributed by atoms with E-state index in [1.807, 2.05) is 13.0 Å². The smallest absolute Gasteiger partial charge is 0.237 e. The second-order valence-corrected chi connectivity index (χ2v) is 5.29. The summed E-state index contributed by atoms with van der Waals surface area (Å²) in [7, 11) is 0. The molecule has 0 bridgehead atoms. The van der Waals surface area contributed by atoms with Crippen molar-refractivity contribution in [2.75, 3.05) is 11.9 Å². The monoisotopic (exact) mass is 236 g/mol. The standard InChI is InChI=1S/C12H16N2OS/c1-7-3-4-8(2)11-10(7)14-12(15)9(16-11)5-6-13/h3-4,9H,5-6,13H2,1-2H3,(H,14,15). The second kappa shape index (κ2) is 4.47. The lowest BCUT2D eigenvalue weighted by atomic mass is 10.1. The predicted molar refractivity (Wildman–Crippen MR) is 67.9 cm³/mol. The number of hydrogen-bond donors (Lipinski definition) is 2. The van der Waals surface area contributed by atoms with Crippen LogP contribution in [0.5, 0.6) is 0 Å². The summed E-state index contributed by atoms with van der Waals surface area (Å²) in [4.78, 5) is 13.0. The van der Waals surface area contributed by atoms with E-state index in [9.17, 15) is 4.79 Å². The van der Waals surface area contributed by atoms with Gasteiger partial charge in [-0.25, -0.2) is 0 Å². The zero-order chi connectivity index (χ0) is 11.7. The van der Waals surface area contributed by atoms with Crippen molar-refractivity contribution in [3.63, 3.8) is 0 Å². The molecule has 3 N–H and O–H groups in total. The number of aryl methyl sites for hydroxylation is 2. The van der Waals surface area contributed by atoms with Crippen LogP contribution in [-0.4, -0.2) is 17.7 Å². The molecule has 3 nitrogen and oxygen atoms in total. The SMILES string of the molecule is Cc1ccc(C)c2c1NC(=O)C(CCN)S2. The first-order valence-electron chi connectivity index (χ1n) is 5.41. The molecule has 0 fully saturated rings. The molecule has 1 amide bonds. The van der Waals surface area contributed by atoms with Gasteiger partial charge in [0.15, 0.2) is 0 Å². The van der Waals surface area contributed by atoms with Crippen LogP contribution in [-0.2, 0) is 4.79 Å². The van der Waals surface area contributed by atoms with Gasteiger partial charge in [-0.1, -0.05) is 12.1 Å². The lowest BCUT2D eigenvalue weighted by Crippen LogP contribution is -2.31. The third-order valence-corrected chi connectivity index (χ3v) is 4.29. The highest BCUT2D eigenvalue weighted by molar-refractivity contribution is 8.01. The van der Waals surface area contributed by atoms with Gasteiger partial charge in [0, 0.05) is 4.90 Å². The maximum atomic E-state index is 11.8. The Labute approximate surface area is 99.8 Å². The van der Waals surface area contributed by atoms with E-state index in [2.05, 4.69) is 18.3 Å². The lowest BCUT2D eigenvalue weighted by Gasteiger charge is -2.26. The average Bonchev–Trinajstić information content (AvgIpc) is 2.26. The molecule has 2 rings (SSSR count). The molecule has 0 saturated heterocycles. The zero-order valence-corrected chi connectivity index (χ0v) is 10.4. The van der Waals surface area contributed by atoms with E-state index < -0.39 is 0 Å². The number of nitrogens with two attached hydrogens (primary N) is 1. The van der Waals surface area contributed by atoms with Crippen LogP contribution in [0.3, 0.4) is 0 Å². The highest BCUT2D eigenvalue weighted by Gasteiger charge is 2.28. The molecule has 0 radical (unpaired) electrons. The number of anilines is 1. The average molecular weight is 236 g/mol. The minimum atomic E-state index is -0.0435. The van der Waals surface area contributed by atoms with E-state index in [1.54, 1.807) is 11.8 Å². The van der Waals surface area contributed by atoms with E-state index in [0.717, 1.165) is 17.7 Å². The Balaban J connectivity index is 2.38. The minimum absolute atomic E-state index is 0.0435. The molecule has 1 unspecified atom stereocenters. The third-order valence-electron chi connectivity index (χ3n) is 2.79. The number of amides is 1. The summed E-state index contributed by atoms with van der Waals surface area (Å²) in [5.41, 5.74) is 8.83. The Bertz CT molecular complexity index is 431. The Kier molecular flexibility index (Phi) is 3.21. The normalized spacial score (nSPS) is 19.2. The highest BCUT2D eigenvalue weighted by atomic mass is 32.2. The molecule has 16 heavy (non-hydrogen) atoms. The Morgan fingerprint density at radius 3 is 2.75 bits per heavy atom. The summed E-state index contributed by atoms with van der Waals surface area (Å²) < 4.78 is 0. The molecule has 1 aliphatic heterocycles. The first-order chi connectivity index (χ1) is 7.63. The summed E-state index contributed by atoms with van der Waals surface area (Å²) in [6.07, 6.45) is 0.726. The summed E-state index contributed by atoms with van der Waals surface area (Å²) in [6.45, 7) is 4.63. The summed E-state index contributed by atoms with van der Waals surface area (Å²) >= 11 is 1.64. The maximum Gasteiger partial charge on any atom is 0.237 e. The number of benzene rings is 1. The van der Waals surface area contributed by atoms with Crippen molar-refractivity contribution >= 4 is 23.4 Å². The van der Waals surface area contributed by atoms with Crippen LogP contribution < -0.4 is 11.1 Å². The van der Waals surface area contributed by atoms with Crippen LogP contribution in [0.4, 0.5) is 5.69 Å². The number of carbonyl (C=O) groups excluding carboxylic acids is 1. The van der Waals surface area contributed by atoms with Crippen molar-refractivity contribution in [2.45, 2.75) is 30.4 Å². The van der Waals surface area contributed by atoms with Gasteiger partial charge in [-0.05, 0) is 37.9 Å². The molecular formula is C12H16N2OS. The van der Waals surface area contributed by atoms with Crippen molar-refractivity contribution < 1.29 is 4.79 Å². The maximum absolute atomic E-state index is 11.8. The van der Waals surface area contributed by atoms with E-state index in [4.69, 9.17) is 5.73 Å². The van der Waals surface area contributed by atoms with Gasteiger partial charge >= 0.3 is 0 Å². The molecule has 1 heterocycles. The van der Waals surface area contributed by atoms with Gasteiger partial charge in [-0.2, -0.15) is 0 Å².